The predicted octanol–water partition coefficient (Wildman–Crippen LogP) is 3.47. The van der Waals surface area contributed by atoms with Crippen LogP contribution in [-0.4, -0.2) is 41.1 Å². The lowest BCUT2D eigenvalue weighted by atomic mass is 9.93. The van der Waals surface area contributed by atoms with Crippen molar-refractivity contribution in [3.05, 3.63) is 28.2 Å². The molecule has 126 valence electrons. The second-order valence-corrected chi connectivity index (χ2v) is 6.52. The maximum Gasteiger partial charge on any atom is 0.308 e. The molecule has 0 saturated carbocycles. The van der Waals surface area contributed by atoms with Gasteiger partial charge in [0.1, 0.15) is 5.75 Å². The van der Waals surface area contributed by atoms with E-state index in [-0.39, 0.29) is 31.5 Å². The van der Waals surface area contributed by atoms with Gasteiger partial charge in [-0.3, -0.25) is 9.59 Å². The van der Waals surface area contributed by atoms with E-state index in [2.05, 4.69) is 0 Å². The summed E-state index contributed by atoms with van der Waals surface area (Å²) in [7, 11) is 0. The van der Waals surface area contributed by atoms with Crippen molar-refractivity contribution in [3.8, 4) is 5.75 Å². The van der Waals surface area contributed by atoms with Crippen LogP contribution in [0.3, 0.4) is 0 Å². The molecule has 1 heterocycles. The molecule has 0 bridgehead atoms. The number of likely N-dealkylation sites (tertiary alicyclic amines) is 1. The van der Waals surface area contributed by atoms with Crippen molar-refractivity contribution in [3.63, 3.8) is 0 Å². The standard InChI is InChI=1S/C16H19Cl2NO4/c1-10-2-3-11(16(21)22)9-19(10)15(20)6-7-23-14-5-4-12(17)8-13(14)18/h4-5,8,10-11H,2-3,6-7,9H2,1H3,(H,21,22). The number of amides is 1. The summed E-state index contributed by atoms with van der Waals surface area (Å²) < 4.78 is 5.51. The summed E-state index contributed by atoms with van der Waals surface area (Å²) in [6.07, 6.45) is 1.49. The monoisotopic (exact) mass is 359 g/mol. The molecule has 1 aromatic carbocycles. The molecule has 1 amide bonds. The maximum atomic E-state index is 12.3. The molecule has 5 nitrogen and oxygen atoms in total. The predicted molar refractivity (Wildman–Crippen MR) is 88.1 cm³/mol. The quantitative estimate of drug-likeness (QED) is 0.873. The molecule has 1 aromatic rings. The van der Waals surface area contributed by atoms with E-state index in [9.17, 15) is 9.59 Å². The van der Waals surface area contributed by atoms with Crippen LogP contribution in [0, 0.1) is 5.92 Å². The van der Waals surface area contributed by atoms with Crippen LogP contribution in [0.2, 0.25) is 10.0 Å². The molecule has 0 aliphatic carbocycles. The average Bonchev–Trinajstić information content (AvgIpc) is 2.49. The van der Waals surface area contributed by atoms with Gasteiger partial charge in [0.05, 0.1) is 24.0 Å². The highest BCUT2D eigenvalue weighted by Gasteiger charge is 2.32. The van der Waals surface area contributed by atoms with Crippen LogP contribution < -0.4 is 4.74 Å². The zero-order chi connectivity index (χ0) is 17.0. The molecule has 0 spiro atoms. The summed E-state index contributed by atoms with van der Waals surface area (Å²) >= 11 is 11.8. The van der Waals surface area contributed by atoms with Gasteiger partial charge < -0.3 is 14.7 Å². The molecule has 1 aliphatic rings. The van der Waals surface area contributed by atoms with Crippen molar-refractivity contribution >= 4 is 35.1 Å². The number of rotatable bonds is 5. The summed E-state index contributed by atoms with van der Waals surface area (Å²) in [5, 5.41) is 10.0. The molecule has 2 unspecified atom stereocenters. The third-order valence-corrected chi connectivity index (χ3v) is 4.55. The lowest BCUT2D eigenvalue weighted by Crippen LogP contribution is -2.47. The molecule has 1 N–H and O–H groups in total. The van der Waals surface area contributed by atoms with Gasteiger partial charge in [-0.1, -0.05) is 23.2 Å². The molecule has 2 rings (SSSR count). The first-order valence-corrected chi connectivity index (χ1v) is 8.24. The summed E-state index contributed by atoms with van der Waals surface area (Å²) in [5.41, 5.74) is 0. The number of benzene rings is 1. The summed E-state index contributed by atoms with van der Waals surface area (Å²) in [5.74, 6) is -0.965. The lowest BCUT2D eigenvalue weighted by molar-refractivity contribution is -0.147. The van der Waals surface area contributed by atoms with Crippen molar-refractivity contribution in [2.45, 2.75) is 32.2 Å². The number of nitrogens with zero attached hydrogens (tertiary/aromatic N) is 1. The summed E-state index contributed by atoms with van der Waals surface area (Å²) in [4.78, 5) is 25.0. The molecular formula is C16H19Cl2NO4. The maximum absolute atomic E-state index is 12.3. The van der Waals surface area contributed by atoms with E-state index in [1.807, 2.05) is 6.92 Å². The van der Waals surface area contributed by atoms with E-state index in [4.69, 9.17) is 33.0 Å². The van der Waals surface area contributed by atoms with E-state index >= 15 is 0 Å². The van der Waals surface area contributed by atoms with Crippen LogP contribution >= 0.6 is 23.2 Å². The van der Waals surface area contributed by atoms with Crippen LogP contribution in [0.1, 0.15) is 26.2 Å². The van der Waals surface area contributed by atoms with Crippen LogP contribution in [-0.2, 0) is 9.59 Å². The zero-order valence-electron chi connectivity index (χ0n) is 12.8. The van der Waals surface area contributed by atoms with Crippen LogP contribution in [0.4, 0.5) is 0 Å². The lowest BCUT2D eigenvalue weighted by Gasteiger charge is -2.36. The fourth-order valence-corrected chi connectivity index (χ4v) is 3.10. The Morgan fingerprint density at radius 3 is 2.74 bits per heavy atom. The highest BCUT2D eigenvalue weighted by Crippen LogP contribution is 2.28. The van der Waals surface area contributed by atoms with Gasteiger partial charge in [-0.05, 0) is 38.0 Å². The van der Waals surface area contributed by atoms with Crippen molar-refractivity contribution in [2.75, 3.05) is 13.2 Å². The molecule has 0 radical (unpaired) electrons. The third-order valence-electron chi connectivity index (χ3n) is 4.02. The van der Waals surface area contributed by atoms with E-state index in [0.29, 0.717) is 28.6 Å². The van der Waals surface area contributed by atoms with Gasteiger partial charge in [-0.15, -0.1) is 0 Å². The third kappa shape index (κ3) is 4.75. The number of carbonyl (C=O) groups is 2. The molecule has 23 heavy (non-hydrogen) atoms. The summed E-state index contributed by atoms with van der Waals surface area (Å²) in [6.45, 7) is 2.38. The minimum atomic E-state index is -0.848. The van der Waals surface area contributed by atoms with Crippen molar-refractivity contribution in [1.82, 2.24) is 4.90 Å². The largest absolute Gasteiger partial charge is 0.491 e. The second kappa shape index (κ2) is 7.88. The van der Waals surface area contributed by atoms with Gasteiger partial charge in [0.15, 0.2) is 0 Å². The first-order chi connectivity index (χ1) is 10.9. The van der Waals surface area contributed by atoms with Gasteiger partial charge >= 0.3 is 5.97 Å². The number of halogens is 2. The van der Waals surface area contributed by atoms with Crippen LogP contribution in [0.5, 0.6) is 5.75 Å². The Morgan fingerprint density at radius 1 is 1.35 bits per heavy atom. The fraction of sp³-hybridized carbons (Fsp3) is 0.500. The topological polar surface area (TPSA) is 66.8 Å². The first-order valence-electron chi connectivity index (χ1n) is 7.48. The van der Waals surface area contributed by atoms with E-state index in [0.717, 1.165) is 0 Å². The Balaban J connectivity index is 1.87. The first kappa shape index (κ1) is 17.9. The molecule has 1 aliphatic heterocycles. The zero-order valence-corrected chi connectivity index (χ0v) is 14.3. The second-order valence-electron chi connectivity index (χ2n) is 5.68. The minimum Gasteiger partial charge on any atom is -0.491 e. The van der Waals surface area contributed by atoms with E-state index < -0.39 is 11.9 Å². The number of carboxylic acids is 1. The smallest absolute Gasteiger partial charge is 0.308 e. The van der Waals surface area contributed by atoms with Crippen LogP contribution in [0.25, 0.3) is 0 Å². The van der Waals surface area contributed by atoms with Gasteiger partial charge in [0, 0.05) is 17.6 Å². The number of hydrogen-bond donors (Lipinski definition) is 1. The van der Waals surface area contributed by atoms with Crippen LogP contribution in [0.15, 0.2) is 18.2 Å². The normalized spacial score (nSPS) is 21.1. The van der Waals surface area contributed by atoms with Crippen molar-refractivity contribution < 1.29 is 19.4 Å². The fourth-order valence-electron chi connectivity index (χ4n) is 2.64. The molecule has 1 saturated heterocycles. The van der Waals surface area contributed by atoms with Gasteiger partial charge in [0.2, 0.25) is 5.91 Å². The SMILES string of the molecule is CC1CCC(C(=O)O)CN1C(=O)CCOc1ccc(Cl)cc1Cl. The Kier molecular flexibility index (Phi) is 6.13. The number of aliphatic carboxylic acids is 1. The number of carboxylic acid groups (broad SMARTS) is 1. The Hall–Kier alpha value is -1.46. The molecule has 1 fully saturated rings. The number of carbonyl (C=O) groups excluding carboxylic acids is 1. The average molecular weight is 360 g/mol. The van der Waals surface area contributed by atoms with E-state index in [1.54, 1.807) is 23.1 Å². The number of hydrogen-bond acceptors (Lipinski definition) is 3. The number of ether oxygens (including phenoxy) is 1. The van der Waals surface area contributed by atoms with Gasteiger partial charge in [-0.25, -0.2) is 0 Å². The molecular weight excluding hydrogens is 341 g/mol. The Morgan fingerprint density at radius 2 is 2.09 bits per heavy atom. The highest BCUT2D eigenvalue weighted by atomic mass is 35.5. The Bertz CT molecular complexity index is 593. The molecule has 0 aromatic heterocycles. The van der Waals surface area contributed by atoms with E-state index in [1.165, 1.54) is 0 Å². The molecule has 7 heteroatoms. The highest BCUT2D eigenvalue weighted by molar-refractivity contribution is 6.35. The van der Waals surface area contributed by atoms with Gasteiger partial charge in [-0.2, -0.15) is 0 Å². The molecule has 2 atom stereocenters. The minimum absolute atomic E-state index is 0.0530. The summed E-state index contributed by atoms with van der Waals surface area (Å²) in [6, 6.07) is 4.94. The van der Waals surface area contributed by atoms with Gasteiger partial charge in [0.25, 0.3) is 0 Å². The van der Waals surface area contributed by atoms with Crippen molar-refractivity contribution in [2.24, 2.45) is 5.92 Å². The number of piperidine rings is 1. The Labute approximate surface area is 145 Å². The van der Waals surface area contributed by atoms with Crippen molar-refractivity contribution in [1.29, 1.82) is 0 Å².